The van der Waals surface area contributed by atoms with Crippen molar-refractivity contribution in [2.45, 2.75) is 0 Å². The van der Waals surface area contributed by atoms with Crippen molar-refractivity contribution in [1.29, 1.82) is 0 Å². The number of carbonyl (C=O) groups excluding carboxylic acids is 1. The van der Waals surface area contributed by atoms with E-state index in [-0.39, 0.29) is 11.4 Å². The van der Waals surface area contributed by atoms with E-state index in [1.165, 1.54) is 12.1 Å². The normalized spacial score (nSPS) is 10.8. The van der Waals surface area contributed by atoms with Crippen LogP contribution in [0.3, 0.4) is 0 Å². The second kappa shape index (κ2) is 5.14. The molecule has 0 fully saturated rings. The Kier molecular flexibility index (Phi) is 3.31. The Morgan fingerprint density at radius 2 is 1.90 bits per heavy atom. The van der Waals surface area contributed by atoms with Gasteiger partial charge in [0, 0.05) is 23.2 Å². The first-order valence-electron chi connectivity index (χ1n) is 6.19. The van der Waals surface area contributed by atoms with Crippen LogP contribution >= 0.6 is 11.6 Å². The van der Waals surface area contributed by atoms with Crippen molar-refractivity contribution in [3.05, 3.63) is 65.1 Å². The van der Waals surface area contributed by atoms with Gasteiger partial charge in [-0.3, -0.25) is 9.78 Å². The average molecular weight is 301 g/mol. The minimum atomic E-state index is -0.585. The number of carbonyl (C=O) groups is 1. The van der Waals surface area contributed by atoms with E-state index in [0.717, 1.165) is 16.5 Å². The Hall–Kier alpha value is -2.46. The maximum atomic E-state index is 13.1. The fraction of sp³-hybridized carbons (Fsp3) is 0. The molecule has 0 saturated carbocycles. The van der Waals surface area contributed by atoms with Crippen LogP contribution in [-0.4, -0.2) is 10.9 Å². The molecule has 3 rings (SSSR count). The number of benzene rings is 2. The molecule has 0 saturated heterocycles. The highest BCUT2D eigenvalue weighted by atomic mass is 35.5. The zero-order valence-electron chi connectivity index (χ0n) is 10.8. The molecule has 0 unspecified atom stereocenters. The lowest BCUT2D eigenvalue weighted by molar-refractivity contribution is 0.100. The molecule has 1 heterocycles. The first-order chi connectivity index (χ1) is 10.0. The molecule has 1 amide bonds. The van der Waals surface area contributed by atoms with Gasteiger partial charge in [-0.05, 0) is 35.9 Å². The van der Waals surface area contributed by atoms with Gasteiger partial charge in [0.05, 0.1) is 16.1 Å². The zero-order chi connectivity index (χ0) is 15.0. The zero-order valence-corrected chi connectivity index (χ0v) is 11.6. The van der Waals surface area contributed by atoms with E-state index in [1.54, 1.807) is 30.5 Å². The van der Waals surface area contributed by atoms with Crippen LogP contribution in [0.4, 0.5) is 4.39 Å². The summed E-state index contributed by atoms with van der Waals surface area (Å²) in [6, 6.07) is 11.3. The van der Waals surface area contributed by atoms with Crippen LogP contribution in [0.5, 0.6) is 0 Å². The standard InChI is InChI=1S/C16H10ClFN2O/c17-14-4-2-9(6-13(14)16(19)21)11-5-10-1-3-12(18)7-15(10)20-8-11/h1-8H,(H2,19,21). The van der Waals surface area contributed by atoms with E-state index in [9.17, 15) is 9.18 Å². The number of halogens is 2. The molecule has 0 atom stereocenters. The molecule has 0 aliphatic rings. The number of pyridine rings is 1. The highest BCUT2D eigenvalue weighted by Gasteiger charge is 2.09. The summed E-state index contributed by atoms with van der Waals surface area (Å²) in [6.07, 6.45) is 1.62. The van der Waals surface area contributed by atoms with E-state index in [1.807, 2.05) is 6.07 Å². The quantitative estimate of drug-likeness (QED) is 0.782. The van der Waals surface area contributed by atoms with Gasteiger partial charge in [-0.1, -0.05) is 17.7 Å². The fourth-order valence-corrected chi connectivity index (χ4v) is 2.36. The predicted molar refractivity (Wildman–Crippen MR) is 80.7 cm³/mol. The predicted octanol–water partition coefficient (Wildman–Crippen LogP) is 3.79. The van der Waals surface area contributed by atoms with Gasteiger partial charge in [-0.15, -0.1) is 0 Å². The van der Waals surface area contributed by atoms with Crippen molar-refractivity contribution in [1.82, 2.24) is 4.98 Å². The third-order valence-electron chi connectivity index (χ3n) is 3.21. The Labute approximate surface area is 125 Å². The van der Waals surface area contributed by atoms with Gasteiger partial charge < -0.3 is 5.73 Å². The molecule has 0 spiro atoms. The molecular formula is C16H10ClFN2O. The fourth-order valence-electron chi connectivity index (χ4n) is 2.15. The van der Waals surface area contributed by atoms with E-state index in [4.69, 9.17) is 17.3 Å². The van der Waals surface area contributed by atoms with Crippen molar-refractivity contribution in [2.75, 3.05) is 0 Å². The number of amides is 1. The van der Waals surface area contributed by atoms with Crippen LogP contribution in [0.1, 0.15) is 10.4 Å². The lowest BCUT2D eigenvalue weighted by atomic mass is 10.0. The van der Waals surface area contributed by atoms with E-state index < -0.39 is 5.91 Å². The smallest absolute Gasteiger partial charge is 0.250 e. The Balaban J connectivity index is 2.14. The molecule has 0 aliphatic heterocycles. The third-order valence-corrected chi connectivity index (χ3v) is 3.54. The van der Waals surface area contributed by atoms with Crippen molar-refractivity contribution < 1.29 is 9.18 Å². The number of primary amides is 1. The first kappa shape index (κ1) is 13.5. The monoisotopic (exact) mass is 300 g/mol. The molecule has 3 aromatic rings. The minimum absolute atomic E-state index is 0.258. The molecule has 0 radical (unpaired) electrons. The molecule has 0 aliphatic carbocycles. The number of fused-ring (bicyclic) bond motifs is 1. The number of hydrogen-bond donors (Lipinski definition) is 1. The van der Waals surface area contributed by atoms with Crippen LogP contribution in [-0.2, 0) is 0 Å². The van der Waals surface area contributed by atoms with Crippen LogP contribution in [0.15, 0.2) is 48.7 Å². The topological polar surface area (TPSA) is 56.0 Å². The van der Waals surface area contributed by atoms with Crippen molar-refractivity contribution in [2.24, 2.45) is 5.73 Å². The number of nitrogens with zero attached hydrogens (tertiary/aromatic N) is 1. The number of hydrogen-bond acceptors (Lipinski definition) is 2. The molecule has 0 bridgehead atoms. The summed E-state index contributed by atoms with van der Waals surface area (Å²) in [7, 11) is 0. The second-order valence-corrected chi connectivity index (χ2v) is 5.03. The summed E-state index contributed by atoms with van der Waals surface area (Å²) in [6.45, 7) is 0. The van der Waals surface area contributed by atoms with Crippen molar-refractivity contribution in [3.8, 4) is 11.1 Å². The number of nitrogens with two attached hydrogens (primary N) is 1. The summed E-state index contributed by atoms with van der Waals surface area (Å²) in [5, 5.41) is 1.12. The van der Waals surface area contributed by atoms with Gasteiger partial charge in [0.15, 0.2) is 0 Å². The first-order valence-corrected chi connectivity index (χ1v) is 6.57. The lowest BCUT2D eigenvalue weighted by Crippen LogP contribution is -2.11. The molecule has 2 aromatic carbocycles. The van der Waals surface area contributed by atoms with Gasteiger partial charge in [0.1, 0.15) is 5.82 Å². The van der Waals surface area contributed by atoms with Gasteiger partial charge in [-0.2, -0.15) is 0 Å². The molecule has 104 valence electrons. The number of aromatic nitrogens is 1. The highest BCUT2D eigenvalue weighted by Crippen LogP contribution is 2.27. The van der Waals surface area contributed by atoms with E-state index in [0.29, 0.717) is 10.5 Å². The summed E-state index contributed by atoms with van der Waals surface area (Å²) in [5.41, 5.74) is 7.69. The summed E-state index contributed by atoms with van der Waals surface area (Å²) >= 11 is 5.93. The second-order valence-electron chi connectivity index (χ2n) is 4.62. The van der Waals surface area contributed by atoms with Crippen molar-refractivity contribution in [3.63, 3.8) is 0 Å². The van der Waals surface area contributed by atoms with Gasteiger partial charge >= 0.3 is 0 Å². The Morgan fingerprint density at radius 3 is 2.67 bits per heavy atom. The molecular weight excluding hydrogens is 291 g/mol. The van der Waals surface area contributed by atoms with E-state index in [2.05, 4.69) is 4.98 Å². The molecule has 3 nitrogen and oxygen atoms in total. The average Bonchev–Trinajstić information content (AvgIpc) is 2.47. The Bertz CT molecular complexity index is 864. The van der Waals surface area contributed by atoms with Gasteiger partial charge in [0.2, 0.25) is 5.91 Å². The SMILES string of the molecule is NC(=O)c1cc(-c2cnc3cc(F)ccc3c2)ccc1Cl. The maximum absolute atomic E-state index is 13.1. The summed E-state index contributed by atoms with van der Waals surface area (Å²) < 4.78 is 13.1. The van der Waals surface area contributed by atoms with Gasteiger partial charge in [-0.25, -0.2) is 4.39 Å². The number of rotatable bonds is 2. The third kappa shape index (κ3) is 2.58. The van der Waals surface area contributed by atoms with Crippen LogP contribution < -0.4 is 5.73 Å². The summed E-state index contributed by atoms with van der Waals surface area (Å²) in [4.78, 5) is 15.6. The summed E-state index contributed by atoms with van der Waals surface area (Å²) in [5.74, 6) is -0.914. The van der Waals surface area contributed by atoms with Gasteiger partial charge in [0.25, 0.3) is 0 Å². The highest BCUT2D eigenvalue weighted by molar-refractivity contribution is 6.33. The van der Waals surface area contributed by atoms with E-state index >= 15 is 0 Å². The largest absolute Gasteiger partial charge is 0.366 e. The lowest BCUT2D eigenvalue weighted by Gasteiger charge is -2.06. The van der Waals surface area contributed by atoms with Crippen LogP contribution in [0.2, 0.25) is 5.02 Å². The maximum Gasteiger partial charge on any atom is 0.250 e. The minimum Gasteiger partial charge on any atom is -0.366 e. The molecule has 5 heteroatoms. The molecule has 1 aromatic heterocycles. The van der Waals surface area contributed by atoms with Crippen LogP contribution in [0.25, 0.3) is 22.0 Å². The van der Waals surface area contributed by atoms with Crippen molar-refractivity contribution >= 4 is 28.4 Å². The molecule has 2 N–H and O–H groups in total. The Morgan fingerprint density at radius 1 is 1.10 bits per heavy atom. The molecule has 21 heavy (non-hydrogen) atoms. The van der Waals surface area contributed by atoms with Crippen LogP contribution in [0, 0.1) is 5.82 Å².